The zero-order valence-electron chi connectivity index (χ0n) is 11.9. The van der Waals surface area contributed by atoms with E-state index >= 15 is 0 Å². The molecule has 4 nitrogen and oxygen atoms in total. The molecule has 1 saturated heterocycles. The number of nitrogens with zero attached hydrogens (tertiary/aromatic N) is 1. The minimum atomic E-state index is -0.639. The van der Waals surface area contributed by atoms with Gasteiger partial charge in [-0.3, -0.25) is 14.5 Å². The average molecular weight is 271 g/mol. The van der Waals surface area contributed by atoms with E-state index in [-0.39, 0.29) is 24.8 Å². The number of carbonyl (C=O) groups is 2. The van der Waals surface area contributed by atoms with Gasteiger partial charge < -0.3 is 5.11 Å². The number of carbonyl (C=O) groups excluding carboxylic acids is 2. The Hall–Kier alpha value is -2.12. The Balaban J connectivity index is 2.38. The van der Waals surface area contributed by atoms with Crippen molar-refractivity contribution >= 4 is 17.5 Å². The van der Waals surface area contributed by atoms with Crippen molar-refractivity contribution in [1.29, 1.82) is 0 Å². The molecular weight excluding hydrogens is 254 g/mol. The van der Waals surface area contributed by atoms with E-state index in [0.717, 1.165) is 11.1 Å². The number of aliphatic hydroxyl groups is 1. The lowest BCUT2D eigenvalue weighted by Gasteiger charge is -2.18. The number of amides is 2. The summed E-state index contributed by atoms with van der Waals surface area (Å²) < 4.78 is 0. The molecule has 1 heterocycles. The van der Waals surface area contributed by atoms with Gasteiger partial charge in [0, 0.05) is 12.0 Å². The Morgan fingerprint density at radius 3 is 2.55 bits per heavy atom. The second-order valence-electron chi connectivity index (χ2n) is 5.55. The highest BCUT2D eigenvalue weighted by Gasteiger charge is 2.45. The predicted octanol–water partition coefficient (Wildman–Crippen LogP) is 1.63. The first-order chi connectivity index (χ1) is 9.36. The molecule has 0 aromatic heterocycles. The molecule has 1 aromatic rings. The van der Waals surface area contributed by atoms with Crippen molar-refractivity contribution in [2.45, 2.75) is 27.2 Å². The Bertz CT molecular complexity index is 635. The lowest BCUT2D eigenvalue weighted by molar-refractivity contribution is -0.124. The Morgan fingerprint density at radius 1 is 1.35 bits per heavy atom. The first kappa shape index (κ1) is 14.3. The van der Waals surface area contributed by atoms with Gasteiger partial charge in [-0.15, -0.1) is 0 Å². The molecule has 4 heteroatoms. The molecule has 0 unspecified atom stereocenters. The van der Waals surface area contributed by atoms with Gasteiger partial charge in [-0.1, -0.05) is 25.7 Å². The molecule has 0 saturated carbocycles. The number of hydrogen-bond acceptors (Lipinski definition) is 3. The standard InChI is InChI=1S/C16H17NO3/c1-11-9-13(7-6-12(11)5-4-8-18)17-14(19)10-16(2,3)15(17)20/h6-7,9,18H,8,10H2,1-3H3. The van der Waals surface area contributed by atoms with Crippen molar-refractivity contribution in [3.8, 4) is 11.8 Å². The van der Waals surface area contributed by atoms with Crippen molar-refractivity contribution < 1.29 is 14.7 Å². The highest BCUT2D eigenvalue weighted by molar-refractivity contribution is 6.22. The van der Waals surface area contributed by atoms with Gasteiger partial charge in [-0.25, -0.2) is 0 Å². The van der Waals surface area contributed by atoms with Crippen LogP contribution in [0.4, 0.5) is 5.69 Å². The average Bonchev–Trinajstić information content (AvgIpc) is 2.57. The van der Waals surface area contributed by atoms with Crippen molar-refractivity contribution in [3.63, 3.8) is 0 Å². The summed E-state index contributed by atoms with van der Waals surface area (Å²) in [4.78, 5) is 25.5. The van der Waals surface area contributed by atoms with Gasteiger partial charge in [0.05, 0.1) is 11.1 Å². The van der Waals surface area contributed by atoms with Crippen LogP contribution < -0.4 is 4.90 Å². The third kappa shape index (κ3) is 2.45. The fraction of sp³-hybridized carbons (Fsp3) is 0.375. The van der Waals surface area contributed by atoms with Gasteiger partial charge in [-0.2, -0.15) is 0 Å². The first-order valence-electron chi connectivity index (χ1n) is 6.44. The number of imide groups is 1. The molecule has 20 heavy (non-hydrogen) atoms. The predicted molar refractivity (Wildman–Crippen MR) is 76.0 cm³/mol. The van der Waals surface area contributed by atoms with Gasteiger partial charge in [0.15, 0.2) is 0 Å². The molecule has 1 fully saturated rings. The van der Waals surface area contributed by atoms with E-state index in [9.17, 15) is 9.59 Å². The fourth-order valence-electron chi connectivity index (χ4n) is 2.27. The van der Waals surface area contributed by atoms with Gasteiger partial charge in [-0.05, 0) is 30.7 Å². The van der Waals surface area contributed by atoms with Crippen molar-refractivity contribution in [2.24, 2.45) is 5.41 Å². The second kappa shape index (κ2) is 5.10. The molecule has 104 valence electrons. The topological polar surface area (TPSA) is 57.6 Å². The van der Waals surface area contributed by atoms with E-state index in [2.05, 4.69) is 11.8 Å². The summed E-state index contributed by atoms with van der Waals surface area (Å²) in [5.74, 6) is 5.07. The molecule has 1 aliphatic rings. The van der Waals surface area contributed by atoms with Crippen LogP contribution in [0.3, 0.4) is 0 Å². The van der Waals surface area contributed by atoms with Crippen LogP contribution >= 0.6 is 0 Å². The number of aryl methyl sites for hydroxylation is 1. The lowest BCUT2D eigenvalue weighted by Crippen LogP contribution is -2.33. The summed E-state index contributed by atoms with van der Waals surface area (Å²) in [5, 5.41) is 8.70. The van der Waals surface area contributed by atoms with Gasteiger partial charge >= 0.3 is 0 Å². The molecule has 0 spiro atoms. The maximum Gasteiger partial charge on any atom is 0.239 e. The van der Waals surface area contributed by atoms with Crippen LogP contribution in [0.15, 0.2) is 18.2 Å². The largest absolute Gasteiger partial charge is 0.384 e. The second-order valence-corrected chi connectivity index (χ2v) is 5.55. The van der Waals surface area contributed by atoms with Crippen LogP contribution in [0, 0.1) is 24.2 Å². The number of anilines is 1. The summed E-state index contributed by atoms with van der Waals surface area (Å²) in [6.45, 7) is 5.22. The van der Waals surface area contributed by atoms with Crippen LogP contribution in [0.2, 0.25) is 0 Å². The summed E-state index contributed by atoms with van der Waals surface area (Å²) in [7, 11) is 0. The van der Waals surface area contributed by atoms with E-state index in [0.29, 0.717) is 5.69 Å². The maximum absolute atomic E-state index is 12.3. The molecule has 2 rings (SSSR count). The normalized spacial score (nSPS) is 17.1. The number of benzene rings is 1. The molecule has 0 bridgehead atoms. The minimum Gasteiger partial charge on any atom is -0.384 e. The third-order valence-corrected chi connectivity index (χ3v) is 3.39. The lowest BCUT2D eigenvalue weighted by atomic mass is 9.92. The van der Waals surface area contributed by atoms with Crippen molar-refractivity contribution in [3.05, 3.63) is 29.3 Å². The summed E-state index contributed by atoms with van der Waals surface area (Å²) in [6.07, 6.45) is 0.233. The zero-order valence-corrected chi connectivity index (χ0v) is 11.9. The van der Waals surface area contributed by atoms with E-state index in [1.54, 1.807) is 32.0 Å². The summed E-state index contributed by atoms with van der Waals surface area (Å²) >= 11 is 0. The van der Waals surface area contributed by atoms with E-state index in [4.69, 9.17) is 5.11 Å². The molecule has 0 atom stereocenters. The SMILES string of the molecule is Cc1cc(N2C(=O)CC(C)(C)C2=O)ccc1C#CCO. The maximum atomic E-state index is 12.3. The monoisotopic (exact) mass is 271 g/mol. The Kier molecular flexibility index (Phi) is 3.65. The Labute approximate surface area is 118 Å². The quantitative estimate of drug-likeness (QED) is 0.624. The van der Waals surface area contributed by atoms with Crippen LogP contribution in [-0.4, -0.2) is 23.5 Å². The highest BCUT2D eigenvalue weighted by Crippen LogP contribution is 2.35. The fourth-order valence-corrected chi connectivity index (χ4v) is 2.27. The van der Waals surface area contributed by atoms with E-state index in [1.165, 1.54) is 4.90 Å². The van der Waals surface area contributed by atoms with Crippen LogP contribution in [0.25, 0.3) is 0 Å². The number of aliphatic hydroxyl groups excluding tert-OH is 1. The minimum absolute atomic E-state index is 0.170. The number of hydrogen-bond donors (Lipinski definition) is 1. The zero-order chi connectivity index (χ0) is 14.9. The molecule has 1 aromatic carbocycles. The smallest absolute Gasteiger partial charge is 0.239 e. The van der Waals surface area contributed by atoms with E-state index < -0.39 is 5.41 Å². The first-order valence-corrected chi connectivity index (χ1v) is 6.44. The van der Waals surface area contributed by atoms with Gasteiger partial charge in [0.25, 0.3) is 0 Å². The van der Waals surface area contributed by atoms with Crippen LogP contribution in [0.5, 0.6) is 0 Å². The molecule has 0 aliphatic carbocycles. The van der Waals surface area contributed by atoms with Crippen molar-refractivity contribution in [1.82, 2.24) is 0 Å². The molecule has 0 radical (unpaired) electrons. The molecular formula is C16H17NO3. The summed E-state index contributed by atoms with van der Waals surface area (Å²) in [6, 6.07) is 5.25. The van der Waals surface area contributed by atoms with Crippen LogP contribution in [0.1, 0.15) is 31.4 Å². The number of rotatable bonds is 1. The molecule has 1 N–H and O–H groups in total. The Morgan fingerprint density at radius 2 is 2.05 bits per heavy atom. The van der Waals surface area contributed by atoms with Gasteiger partial charge in [0.2, 0.25) is 11.8 Å². The van der Waals surface area contributed by atoms with Crippen LogP contribution in [-0.2, 0) is 9.59 Å². The highest BCUT2D eigenvalue weighted by atomic mass is 16.2. The molecule has 1 aliphatic heterocycles. The van der Waals surface area contributed by atoms with E-state index in [1.807, 2.05) is 6.92 Å². The third-order valence-electron chi connectivity index (χ3n) is 3.39. The van der Waals surface area contributed by atoms with Gasteiger partial charge in [0.1, 0.15) is 6.61 Å². The summed E-state index contributed by atoms with van der Waals surface area (Å²) in [5.41, 5.74) is 1.59. The molecule has 2 amide bonds. The van der Waals surface area contributed by atoms with Crippen molar-refractivity contribution in [2.75, 3.05) is 11.5 Å².